The standard InChI is InChI=1S/C18H14Cl2O3/c1-10-5-14-12(7-18(21)23-16(14)6-11(10)2)9-22-17-8-13(19)3-4-15(17)20/h3-8H,9H2,1-2H3. The molecule has 0 bridgehead atoms. The van der Waals surface area contributed by atoms with Crippen molar-refractivity contribution in [2.75, 3.05) is 0 Å². The van der Waals surface area contributed by atoms with E-state index in [9.17, 15) is 4.79 Å². The van der Waals surface area contributed by atoms with Gasteiger partial charge in [-0.25, -0.2) is 4.79 Å². The van der Waals surface area contributed by atoms with Crippen molar-refractivity contribution in [1.29, 1.82) is 0 Å². The van der Waals surface area contributed by atoms with E-state index in [4.69, 9.17) is 32.4 Å². The fraction of sp³-hybridized carbons (Fsp3) is 0.167. The van der Waals surface area contributed by atoms with Crippen molar-refractivity contribution in [2.24, 2.45) is 0 Å². The quantitative estimate of drug-likeness (QED) is 0.603. The van der Waals surface area contributed by atoms with Crippen LogP contribution >= 0.6 is 23.2 Å². The maximum Gasteiger partial charge on any atom is 0.336 e. The zero-order valence-corrected chi connectivity index (χ0v) is 14.2. The Labute approximate surface area is 143 Å². The van der Waals surface area contributed by atoms with Gasteiger partial charge in [0.25, 0.3) is 0 Å². The highest BCUT2D eigenvalue weighted by molar-refractivity contribution is 6.34. The third kappa shape index (κ3) is 3.36. The van der Waals surface area contributed by atoms with Gasteiger partial charge < -0.3 is 9.15 Å². The minimum Gasteiger partial charge on any atom is -0.487 e. The van der Waals surface area contributed by atoms with Crippen molar-refractivity contribution < 1.29 is 9.15 Å². The summed E-state index contributed by atoms with van der Waals surface area (Å²) in [5.41, 5.74) is 3.08. The van der Waals surface area contributed by atoms with Gasteiger partial charge in [0.2, 0.25) is 0 Å². The minimum absolute atomic E-state index is 0.199. The van der Waals surface area contributed by atoms with E-state index in [2.05, 4.69) is 0 Å². The van der Waals surface area contributed by atoms with Crippen molar-refractivity contribution in [3.8, 4) is 5.75 Å². The van der Waals surface area contributed by atoms with Crippen LogP contribution in [-0.4, -0.2) is 0 Å². The average molecular weight is 349 g/mol. The third-order valence-electron chi connectivity index (χ3n) is 3.72. The number of fused-ring (bicyclic) bond motifs is 1. The molecule has 0 atom stereocenters. The van der Waals surface area contributed by atoms with Crippen LogP contribution in [0.3, 0.4) is 0 Å². The molecule has 0 aliphatic carbocycles. The van der Waals surface area contributed by atoms with Crippen LogP contribution in [0.1, 0.15) is 16.7 Å². The molecule has 0 saturated carbocycles. The van der Waals surface area contributed by atoms with Crippen LogP contribution in [-0.2, 0) is 6.61 Å². The molecule has 3 nitrogen and oxygen atoms in total. The molecule has 0 N–H and O–H groups in total. The molecule has 0 fully saturated rings. The number of aryl methyl sites for hydroxylation is 2. The van der Waals surface area contributed by atoms with Crippen LogP contribution in [0.5, 0.6) is 5.75 Å². The number of hydrogen-bond acceptors (Lipinski definition) is 3. The molecule has 0 aliphatic heterocycles. The summed E-state index contributed by atoms with van der Waals surface area (Å²) < 4.78 is 11.0. The van der Waals surface area contributed by atoms with Gasteiger partial charge in [0.05, 0.1) is 5.02 Å². The van der Waals surface area contributed by atoms with Gasteiger partial charge in [0.15, 0.2) is 0 Å². The normalized spacial score (nSPS) is 11.0. The molecule has 5 heteroatoms. The second kappa shape index (κ2) is 6.26. The van der Waals surface area contributed by atoms with Crippen molar-refractivity contribution in [3.63, 3.8) is 0 Å². The topological polar surface area (TPSA) is 39.4 Å². The number of halogens is 2. The van der Waals surface area contributed by atoms with Gasteiger partial charge in [-0.15, -0.1) is 0 Å². The molecule has 1 heterocycles. The summed E-state index contributed by atoms with van der Waals surface area (Å²) in [4.78, 5) is 11.8. The van der Waals surface area contributed by atoms with E-state index in [1.165, 1.54) is 6.07 Å². The number of ether oxygens (including phenoxy) is 1. The van der Waals surface area contributed by atoms with E-state index in [0.29, 0.717) is 21.4 Å². The lowest BCUT2D eigenvalue weighted by Gasteiger charge is -2.11. The van der Waals surface area contributed by atoms with Crippen LogP contribution in [0, 0.1) is 13.8 Å². The number of hydrogen-bond donors (Lipinski definition) is 0. The van der Waals surface area contributed by atoms with Crippen molar-refractivity contribution in [2.45, 2.75) is 20.5 Å². The Morgan fingerprint density at radius 1 is 1.04 bits per heavy atom. The summed E-state index contributed by atoms with van der Waals surface area (Å²) in [6, 6.07) is 10.3. The first-order chi connectivity index (χ1) is 10.9. The van der Waals surface area contributed by atoms with Gasteiger partial charge >= 0.3 is 5.63 Å². The highest BCUT2D eigenvalue weighted by Crippen LogP contribution is 2.29. The van der Waals surface area contributed by atoms with Crippen LogP contribution in [0.25, 0.3) is 11.0 Å². The summed E-state index contributed by atoms with van der Waals surface area (Å²) in [7, 11) is 0. The first-order valence-electron chi connectivity index (χ1n) is 7.06. The smallest absolute Gasteiger partial charge is 0.336 e. The lowest BCUT2D eigenvalue weighted by atomic mass is 10.0. The van der Waals surface area contributed by atoms with Crippen molar-refractivity contribution in [1.82, 2.24) is 0 Å². The van der Waals surface area contributed by atoms with Crippen LogP contribution in [0.4, 0.5) is 0 Å². The number of benzene rings is 2. The predicted molar refractivity (Wildman–Crippen MR) is 92.8 cm³/mol. The summed E-state index contributed by atoms with van der Waals surface area (Å²) in [5.74, 6) is 0.476. The van der Waals surface area contributed by atoms with E-state index in [0.717, 1.165) is 22.1 Å². The van der Waals surface area contributed by atoms with E-state index in [1.54, 1.807) is 18.2 Å². The largest absolute Gasteiger partial charge is 0.487 e. The average Bonchev–Trinajstić information content (AvgIpc) is 2.49. The van der Waals surface area contributed by atoms with Crippen molar-refractivity contribution in [3.05, 3.63) is 73.6 Å². The first-order valence-corrected chi connectivity index (χ1v) is 7.81. The Morgan fingerprint density at radius 3 is 2.57 bits per heavy atom. The molecule has 0 radical (unpaired) electrons. The molecule has 118 valence electrons. The lowest BCUT2D eigenvalue weighted by Crippen LogP contribution is -2.04. The molecule has 2 aromatic carbocycles. The molecule has 0 saturated heterocycles. The highest BCUT2D eigenvalue weighted by Gasteiger charge is 2.10. The van der Waals surface area contributed by atoms with Crippen LogP contribution < -0.4 is 10.4 Å². The SMILES string of the molecule is Cc1cc2oc(=O)cc(COc3cc(Cl)ccc3Cl)c2cc1C. The van der Waals surface area contributed by atoms with Gasteiger partial charge in [-0.3, -0.25) is 0 Å². The summed E-state index contributed by atoms with van der Waals surface area (Å²) in [6.45, 7) is 4.19. The second-order valence-corrected chi connectivity index (χ2v) is 6.23. The molecule has 0 unspecified atom stereocenters. The second-order valence-electron chi connectivity index (χ2n) is 5.39. The Hall–Kier alpha value is -1.97. The fourth-order valence-electron chi connectivity index (χ4n) is 2.35. The monoisotopic (exact) mass is 348 g/mol. The van der Waals surface area contributed by atoms with Gasteiger partial charge in [-0.2, -0.15) is 0 Å². The van der Waals surface area contributed by atoms with Gasteiger partial charge in [-0.1, -0.05) is 23.2 Å². The predicted octanol–water partition coefficient (Wildman–Crippen LogP) is 5.30. The molecule has 3 aromatic rings. The summed E-state index contributed by atoms with van der Waals surface area (Å²) in [5, 5.41) is 1.85. The third-order valence-corrected chi connectivity index (χ3v) is 4.27. The van der Waals surface area contributed by atoms with E-state index in [-0.39, 0.29) is 6.61 Å². The zero-order chi connectivity index (χ0) is 16.6. The Kier molecular flexibility index (Phi) is 4.33. The summed E-state index contributed by atoms with van der Waals surface area (Å²) in [6.07, 6.45) is 0. The highest BCUT2D eigenvalue weighted by atomic mass is 35.5. The number of rotatable bonds is 3. The Morgan fingerprint density at radius 2 is 1.78 bits per heavy atom. The van der Waals surface area contributed by atoms with Crippen LogP contribution in [0.15, 0.2) is 45.6 Å². The Balaban J connectivity index is 2.01. The molecule has 0 aliphatic rings. The maximum atomic E-state index is 11.8. The molecule has 0 spiro atoms. The molecule has 3 rings (SSSR count). The molecule has 23 heavy (non-hydrogen) atoms. The first kappa shape index (κ1) is 15.9. The maximum absolute atomic E-state index is 11.8. The fourth-order valence-corrected chi connectivity index (χ4v) is 2.68. The van der Waals surface area contributed by atoms with E-state index >= 15 is 0 Å². The van der Waals surface area contributed by atoms with Gasteiger partial charge in [0.1, 0.15) is 17.9 Å². The molecule has 1 aromatic heterocycles. The Bertz CT molecular complexity index is 945. The van der Waals surface area contributed by atoms with E-state index in [1.807, 2.05) is 26.0 Å². The minimum atomic E-state index is -0.406. The lowest BCUT2D eigenvalue weighted by molar-refractivity contribution is 0.307. The van der Waals surface area contributed by atoms with Gasteiger partial charge in [-0.05, 0) is 49.2 Å². The van der Waals surface area contributed by atoms with Gasteiger partial charge in [0, 0.05) is 28.1 Å². The molecular weight excluding hydrogens is 335 g/mol. The van der Waals surface area contributed by atoms with E-state index < -0.39 is 5.63 Å². The van der Waals surface area contributed by atoms with Crippen LogP contribution in [0.2, 0.25) is 10.0 Å². The molecular formula is C18H14Cl2O3. The van der Waals surface area contributed by atoms with Crippen molar-refractivity contribution >= 4 is 34.2 Å². The molecule has 0 amide bonds. The zero-order valence-electron chi connectivity index (χ0n) is 12.7. The summed E-state index contributed by atoms with van der Waals surface area (Å²) >= 11 is 12.0.